The van der Waals surface area contributed by atoms with Crippen molar-refractivity contribution in [3.05, 3.63) is 41.7 Å². The van der Waals surface area contributed by atoms with Gasteiger partial charge < -0.3 is 14.7 Å². The lowest BCUT2D eigenvalue weighted by Gasteiger charge is -2.37. The first-order valence-corrected chi connectivity index (χ1v) is 6.98. The fourth-order valence-electron chi connectivity index (χ4n) is 2.30. The van der Waals surface area contributed by atoms with Gasteiger partial charge in [-0.15, -0.1) is 0 Å². The van der Waals surface area contributed by atoms with E-state index in [-0.39, 0.29) is 30.5 Å². The second-order valence-electron chi connectivity index (χ2n) is 5.31. The van der Waals surface area contributed by atoms with E-state index in [1.807, 2.05) is 13.8 Å². The van der Waals surface area contributed by atoms with Crippen molar-refractivity contribution in [1.82, 2.24) is 4.90 Å². The summed E-state index contributed by atoms with van der Waals surface area (Å²) in [5.41, 5.74) is 1.59. The summed E-state index contributed by atoms with van der Waals surface area (Å²) >= 11 is 0. The Morgan fingerprint density at radius 2 is 2.14 bits per heavy atom. The molecule has 0 aromatic heterocycles. The zero-order valence-corrected chi connectivity index (χ0v) is 12.3. The molecule has 1 fully saturated rings. The fraction of sp³-hybridized carbons (Fsp3) is 0.438. The fourth-order valence-corrected chi connectivity index (χ4v) is 2.30. The molecule has 2 rings (SSSR count). The number of aliphatic hydroxyl groups excluding tert-OH is 1. The Balaban J connectivity index is 2.11. The summed E-state index contributed by atoms with van der Waals surface area (Å²) in [6.45, 7) is 4.42. The third kappa shape index (κ3) is 3.89. The number of hydrogen-bond donors (Lipinski definition) is 1. The number of allylic oxidation sites excluding steroid dienone is 1. The highest BCUT2D eigenvalue weighted by Crippen LogP contribution is 2.17. The van der Waals surface area contributed by atoms with E-state index < -0.39 is 0 Å². The van der Waals surface area contributed by atoms with Crippen LogP contribution in [0.3, 0.4) is 0 Å². The Hall–Kier alpha value is -1.72. The molecule has 0 spiro atoms. The Labute approximate surface area is 123 Å². The smallest absolute Gasteiger partial charge is 0.247 e. The monoisotopic (exact) mass is 293 g/mol. The maximum absolute atomic E-state index is 12.9. The molecule has 5 heteroatoms. The summed E-state index contributed by atoms with van der Waals surface area (Å²) in [6.07, 6.45) is 1.22. The molecule has 1 aromatic carbocycles. The van der Waals surface area contributed by atoms with E-state index in [1.165, 1.54) is 12.1 Å². The zero-order chi connectivity index (χ0) is 15.4. The average molecular weight is 293 g/mol. The van der Waals surface area contributed by atoms with Crippen LogP contribution >= 0.6 is 0 Å². The van der Waals surface area contributed by atoms with Gasteiger partial charge in [-0.25, -0.2) is 4.39 Å². The van der Waals surface area contributed by atoms with Gasteiger partial charge in [-0.3, -0.25) is 4.79 Å². The van der Waals surface area contributed by atoms with Crippen molar-refractivity contribution < 1.29 is 19.0 Å². The summed E-state index contributed by atoms with van der Waals surface area (Å²) in [6, 6.07) is 6.01. The molecular formula is C16H20FNO3. The minimum absolute atomic E-state index is 0.0300. The van der Waals surface area contributed by atoms with E-state index >= 15 is 0 Å². The predicted molar refractivity (Wildman–Crippen MR) is 78.1 cm³/mol. The molecule has 4 nitrogen and oxygen atoms in total. The Kier molecular flexibility index (Phi) is 5.09. The number of halogens is 1. The molecule has 1 amide bonds. The van der Waals surface area contributed by atoms with Gasteiger partial charge >= 0.3 is 0 Å². The van der Waals surface area contributed by atoms with E-state index in [0.29, 0.717) is 13.2 Å². The van der Waals surface area contributed by atoms with E-state index in [9.17, 15) is 9.18 Å². The normalized spacial score (nSPS) is 23.2. The second kappa shape index (κ2) is 6.83. The minimum atomic E-state index is -0.329. The molecule has 2 atom stereocenters. The Bertz CT molecular complexity index is 527. The van der Waals surface area contributed by atoms with E-state index in [2.05, 4.69) is 0 Å². The molecule has 21 heavy (non-hydrogen) atoms. The largest absolute Gasteiger partial charge is 0.394 e. The summed E-state index contributed by atoms with van der Waals surface area (Å²) in [5, 5.41) is 9.15. The molecule has 1 heterocycles. The molecule has 1 N–H and O–H groups in total. The van der Waals surface area contributed by atoms with Gasteiger partial charge in [-0.05, 0) is 37.1 Å². The first-order chi connectivity index (χ1) is 10.0. The van der Waals surface area contributed by atoms with Gasteiger partial charge in [-0.1, -0.05) is 12.1 Å². The standard InChI is InChI=1S/C16H20FNO3/c1-11(13-3-5-14(17)6-4-13)7-16(20)18-8-15(9-19)21-10-12(18)2/h3-7,12,15,19H,8-10H2,1-2H3/b11-7-. The summed E-state index contributed by atoms with van der Waals surface area (Å²) < 4.78 is 18.3. The molecule has 0 saturated carbocycles. The van der Waals surface area contributed by atoms with Crippen molar-refractivity contribution in [3.63, 3.8) is 0 Å². The molecule has 1 aliphatic rings. The number of ether oxygens (including phenoxy) is 1. The maximum Gasteiger partial charge on any atom is 0.247 e. The highest BCUT2D eigenvalue weighted by atomic mass is 19.1. The van der Waals surface area contributed by atoms with Gasteiger partial charge in [0.2, 0.25) is 5.91 Å². The van der Waals surface area contributed by atoms with E-state index in [0.717, 1.165) is 11.1 Å². The molecule has 0 bridgehead atoms. The predicted octanol–water partition coefficient (Wildman–Crippen LogP) is 1.84. The number of carbonyl (C=O) groups is 1. The van der Waals surface area contributed by atoms with Crippen molar-refractivity contribution in [2.24, 2.45) is 0 Å². The van der Waals surface area contributed by atoms with Crippen molar-refractivity contribution in [3.8, 4) is 0 Å². The van der Waals surface area contributed by atoms with Crippen molar-refractivity contribution in [1.29, 1.82) is 0 Å². The Morgan fingerprint density at radius 3 is 2.76 bits per heavy atom. The van der Waals surface area contributed by atoms with E-state index in [4.69, 9.17) is 9.84 Å². The van der Waals surface area contributed by atoms with Crippen LogP contribution in [-0.2, 0) is 9.53 Å². The SMILES string of the molecule is C/C(=C/C(=O)N1CC(CO)OCC1C)c1ccc(F)cc1. The minimum Gasteiger partial charge on any atom is -0.394 e. The van der Waals surface area contributed by atoms with Crippen molar-refractivity contribution >= 4 is 11.5 Å². The molecule has 1 aromatic rings. The van der Waals surface area contributed by atoms with Crippen LogP contribution in [0.25, 0.3) is 5.57 Å². The van der Waals surface area contributed by atoms with Crippen LogP contribution in [0.2, 0.25) is 0 Å². The number of hydrogen-bond acceptors (Lipinski definition) is 3. The first kappa shape index (κ1) is 15.7. The third-order valence-electron chi connectivity index (χ3n) is 3.63. The molecule has 114 valence electrons. The lowest BCUT2D eigenvalue weighted by Crippen LogP contribution is -2.51. The van der Waals surface area contributed by atoms with Crippen LogP contribution in [0.5, 0.6) is 0 Å². The number of morpholine rings is 1. The molecule has 1 aliphatic heterocycles. The molecule has 0 radical (unpaired) electrons. The highest BCUT2D eigenvalue weighted by molar-refractivity contribution is 5.95. The second-order valence-corrected chi connectivity index (χ2v) is 5.31. The van der Waals surface area contributed by atoms with Crippen LogP contribution in [0.4, 0.5) is 4.39 Å². The quantitative estimate of drug-likeness (QED) is 0.865. The van der Waals surface area contributed by atoms with Crippen LogP contribution in [-0.4, -0.2) is 47.8 Å². The summed E-state index contributed by atoms with van der Waals surface area (Å²) in [4.78, 5) is 14.1. The summed E-state index contributed by atoms with van der Waals surface area (Å²) in [5.74, 6) is -0.420. The number of benzene rings is 1. The molecule has 1 saturated heterocycles. The van der Waals surface area contributed by atoms with Crippen LogP contribution in [0.1, 0.15) is 19.4 Å². The zero-order valence-electron chi connectivity index (χ0n) is 12.3. The highest BCUT2D eigenvalue weighted by Gasteiger charge is 2.28. The van der Waals surface area contributed by atoms with Gasteiger partial charge in [0, 0.05) is 12.6 Å². The lowest BCUT2D eigenvalue weighted by atomic mass is 10.1. The van der Waals surface area contributed by atoms with Gasteiger partial charge in [0.1, 0.15) is 5.82 Å². The van der Waals surface area contributed by atoms with Crippen molar-refractivity contribution in [2.75, 3.05) is 19.8 Å². The van der Waals surface area contributed by atoms with Crippen molar-refractivity contribution in [2.45, 2.75) is 26.0 Å². The molecule has 2 unspecified atom stereocenters. The van der Waals surface area contributed by atoms with Gasteiger partial charge in [-0.2, -0.15) is 0 Å². The summed E-state index contributed by atoms with van der Waals surface area (Å²) in [7, 11) is 0. The van der Waals surface area contributed by atoms with Crippen LogP contribution < -0.4 is 0 Å². The van der Waals surface area contributed by atoms with E-state index in [1.54, 1.807) is 23.1 Å². The number of carbonyl (C=O) groups excluding carboxylic acids is 1. The Morgan fingerprint density at radius 1 is 1.48 bits per heavy atom. The topological polar surface area (TPSA) is 49.8 Å². The van der Waals surface area contributed by atoms with Gasteiger partial charge in [0.15, 0.2) is 0 Å². The number of rotatable bonds is 3. The number of amides is 1. The van der Waals surface area contributed by atoms with Crippen LogP contribution in [0.15, 0.2) is 30.3 Å². The number of nitrogens with zero attached hydrogens (tertiary/aromatic N) is 1. The molecular weight excluding hydrogens is 273 g/mol. The maximum atomic E-state index is 12.9. The lowest BCUT2D eigenvalue weighted by molar-refractivity contribution is -0.140. The van der Waals surface area contributed by atoms with Gasteiger partial charge in [0.25, 0.3) is 0 Å². The molecule has 0 aliphatic carbocycles. The number of aliphatic hydroxyl groups is 1. The average Bonchev–Trinajstić information content (AvgIpc) is 2.48. The van der Waals surface area contributed by atoms with Crippen LogP contribution in [0, 0.1) is 5.82 Å². The van der Waals surface area contributed by atoms with Gasteiger partial charge in [0.05, 0.1) is 25.4 Å². The third-order valence-corrected chi connectivity index (χ3v) is 3.63. The first-order valence-electron chi connectivity index (χ1n) is 6.98.